The van der Waals surface area contributed by atoms with Crippen LogP contribution >= 0.6 is 11.3 Å². The third-order valence-electron chi connectivity index (χ3n) is 3.87. The van der Waals surface area contributed by atoms with Gasteiger partial charge in [0.15, 0.2) is 5.82 Å². The predicted octanol–water partition coefficient (Wildman–Crippen LogP) is 3.50. The quantitative estimate of drug-likeness (QED) is 0.612. The van der Waals surface area contributed by atoms with Crippen molar-refractivity contribution in [3.63, 3.8) is 0 Å². The Hall–Kier alpha value is -3.06. The van der Waals surface area contributed by atoms with Crippen molar-refractivity contribution in [2.24, 2.45) is 0 Å². The molecule has 0 aliphatic heterocycles. The number of benzene rings is 1. The van der Waals surface area contributed by atoms with E-state index in [4.69, 9.17) is 4.98 Å². The van der Waals surface area contributed by atoms with Crippen LogP contribution in [0.2, 0.25) is 0 Å². The number of nitrogens with zero attached hydrogens (tertiary/aromatic N) is 4. The van der Waals surface area contributed by atoms with E-state index in [1.165, 1.54) is 11.3 Å². The molecule has 124 valence electrons. The number of fused-ring (bicyclic) bond motifs is 1. The van der Waals surface area contributed by atoms with Crippen LogP contribution < -0.4 is 5.32 Å². The number of carbonyl (C=O) groups is 1. The molecule has 0 unspecified atom stereocenters. The van der Waals surface area contributed by atoms with Gasteiger partial charge in [-0.25, -0.2) is 9.97 Å². The summed E-state index contributed by atoms with van der Waals surface area (Å²) in [7, 11) is 0. The molecule has 0 fully saturated rings. The van der Waals surface area contributed by atoms with Crippen molar-refractivity contribution in [2.45, 2.75) is 13.5 Å². The molecule has 0 bridgehead atoms. The van der Waals surface area contributed by atoms with Crippen LogP contribution in [0.5, 0.6) is 0 Å². The fourth-order valence-electron chi connectivity index (χ4n) is 2.70. The van der Waals surface area contributed by atoms with Crippen LogP contribution in [0.4, 0.5) is 5.69 Å². The van der Waals surface area contributed by atoms with E-state index in [2.05, 4.69) is 15.3 Å². The Bertz CT molecular complexity index is 1040. The maximum Gasteiger partial charge on any atom is 0.244 e. The molecular weight excluding hydrogens is 334 g/mol. The summed E-state index contributed by atoms with van der Waals surface area (Å²) < 4.78 is 1.94. The first kappa shape index (κ1) is 15.5. The molecule has 0 spiro atoms. The van der Waals surface area contributed by atoms with E-state index >= 15 is 0 Å². The Morgan fingerprint density at radius 3 is 2.76 bits per heavy atom. The monoisotopic (exact) mass is 349 g/mol. The highest BCUT2D eigenvalue weighted by Gasteiger charge is 2.18. The van der Waals surface area contributed by atoms with Gasteiger partial charge in [0, 0.05) is 18.1 Å². The molecule has 1 N–H and O–H groups in total. The van der Waals surface area contributed by atoms with Crippen molar-refractivity contribution < 1.29 is 4.79 Å². The number of carbonyl (C=O) groups excluding carboxylic acids is 1. The van der Waals surface area contributed by atoms with E-state index < -0.39 is 0 Å². The number of aromatic nitrogens is 4. The smallest absolute Gasteiger partial charge is 0.244 e. The highest BCUT2D eigenvalue weighted by molar-refractivity contribution is 7.13. The molecule has 6 nitrogen and oxygen atoms in total. The zero-order valence-corrected chi connectivity index (χ0v) is 14.3. The number of hydrogen-bond donors (Lipinski definition) is 1. The van der Waals surface area contributed by atoms with Crippen molar-refractivity contribution in [3.8, 4) is 10.7 Å². The van der Waals surface area contributed by atoms with Crippen LogP contribution in [0, 0.1) is 6.92 Å². The third-order valence-corrected chi connectivity index (χ3v) is 4.79. The SMILES string of the molecule is Cc1ncsc1-c1nc2ccccc2n1CC(=O)Nc1ccncc1. The summed E-state index contributed by atoms with van der Waals surface area (Å²) >= 11 is 1.53. The number of aryl methyl sites for hydroxylation is 1. The Labute approximate surface area is 148 Å². The lowest BCUT2D eigenvalue weighted by atomic mass is 10.3. The van der Waals surface area contributed by atoms with Crippen molar-refractivity contribution in [1.29, 1.82) is 0 Å². The number of thiazole rings is 1. The Kier molecular flexibility index (Phi) is 3.99. The van der Waals surface area contributed by atoms with Crippen molar-refractivity contribution in [2.75, 3.05) is 5.32 Å². The second kappa shape index (κ2) is 6.45. The van der Waals surface area contributed by atoms with E-state index in [-0.39, 0.29) is 12.5 Å². The molecule has 0 saturated carbocycles. The average molecular weight is 349 g/mol. The summed E-state index contributed by atoms with van der Waals surface area (Å²) in [5.74, 6) is 0.656. The van der Waals surface area contributed by atoms with Gasteiger partial charge in [0.05, 0.1) is 27.1 Å². The Morgan fingerprint density at radius 2 is 2.00 bits per heavy atom. The Morgan fingerprint density at radius 1 is 1.20 bits per heavy atom. The molecule has 1 aromatic carbocycles. The Balaban J connectivity index is 1.73. The van der Waals surface area contributed by atoms with E-state index in [1.807, 2.05) is 35.8 Å². The largest absolute Gasteiger partial charge is 0.324 e. The summed E-state index contributed by atoms with van der Waals surface area (Å²) in [5, 5.41) is 2.89. The maximum absolute atomic E-state index is 12.5. The number of nitrogens with one attached hydrogen (secondary N) is 1. The molecule has 7 heteroatoms. The summed E-state index contributed by atoms with van der Waals surface area (Å²) in [4.78, 5) is 26.5. The van der Waals surface area contributed by atoms with E-state index in [0.29, 0.717) is 0 Å². The number of para-hydroxylation sites is 2. The molecule has 3 aromatic heterocycles. The summed E-state index contributed by atoms with van der Waals surface area (Å²) in [6.07, 6.45) is 3.29. The second-order valence-corrected chi connectivity index (χ2v) is 6.42. The lowest BCUT2D eigenvalue weighted by molar-refractivity contribution is -0.116. The fraction of sp³-hybridized carbons (Fsp3) is 0.111. The van der Waals surface area contributed by atoms with Gasteiger partial charge in [-0.05, 0) is 31.2 Å². The van der Waals surface area contributed by atoms with Gasteiger partial charge in [0.1, 0.15) is 6.54 Å². The first-order chi connectivity index (χ1) is 12.2. The summed E-state index contributed by atoms with van der Waals surface area (Å²) in [6, 6.07) is 11.3. The number of hydrogen-bond acceptors (Lipinski definition) is 5. The normalized spacial score (nSPS) is 10.9. The zero-order chi connectivity index (χ0) is 17.2. The van der Waals surface area contributed by atoms with E-state index in [0.717, 1.165) is 33.1 Å². The highest BCUT2D eigenvalue weighted by Crippen LogP contribution is 2.30. The zero-order valence-electron chi connectivity index (χ0n) is 13.5. The number of amides is 1. The number of rotatable bonds is 4. The summed E-state index contributed by atoms with van der Waals surface area (Å²) in [5.41, 5.74) is 5.22. The number of anilines is 1. The maximum atomic E-state index is 12.5. The number of imidazole rings is 1. The standard InChI is InChI=1S/C18H15N5OS/c1-12-17(25-11-20-12)18-22-14-4-2-3-5-15(14)23(18)10-16(24)21-13-6-8-19-9-7-13/h2-9,11H,10H2,1H3,(H,19,21,24). The molecule has 4 rings (SSSR count). The third kappa shape index (κ3) is 3.01. The van der Waals surface area contributed by atoms with Crippen molar-refractivity contribution >= 4 is 34.0 Å². The lowest BCUT2D eigenvalue weighted by Crippen LogP contribution is -2.19. The van der Waals surface area contributed by atoms with Crippen LogP contribution in [-0.2, 0) is 11.3 Å². The van der Waals surface area contributed by atoms with Gasteiger partial charge in [0.2, 0.25) is 5.91 Å². The van der Waals surface area contributed by atoms with Crippen molar-refractivity contribution in [3.05, 3.63) is 60.0 Å². The predicted molar refractivity (Wildman–Crippen MR) is 98.4 cm³/mol. The molecule has 0 radical (unpaired) electrons. The second-order valence-electron chi connectivity index (χ2n) is 5.56. The molecular formula is C18H15N5OS. The van der Waals surface area contributed by atoms with Gasteiger partial charge in [0.25, 0.3) is 0 Å². The van der Waals surface area contributed by atoms with E-state index in [1.54, 1.807) is 30.0 Å². The average Bonchev–Trinajstić information content (AvgIpc) is 3.19. The van der Waals surface area contributed by atoms with Crippen molar-refractivity contribution in [1.82, 2.24) is 19.5 Å². The molecule has 0 aliphatic carbocycles. The molecule has 0 atom stereocenters. The van der Waals surface area contributed by atoms with Crippen LogP contribution in [0.15, 0.2) is 54.3 Å². The van der Waals surface area contributed by atoms with E-state index in [9.17, 15) is 4.79 Å². The van der Waals surface area contributed by atoms with Gasteiger partial charge < -0.3 is 9.88 Å². The van der Waals surface area contributed by atoms with Crippen LogP contribution in [0.3, 0.4) is 0 Å². The summed E-state index contributed by atoms with van der Waals surface area (Å²) in [6.45, 7) is 2.13. The van der Waals surface area contributed by atoms with Crippen LogP contribution in [-0.4, -0.2) is 25.4 Å². The minimum absolute atomic E-state index is 0.113. The fourth-order valence-corrected chi connectivity index (χ4v) is 3.51. The van der Waals surface area contributed by atoms with Gasteiger partial charge in [-0.2, -0.15) is 0 Å². The molecule has 4 aromatic rings. The number of pyridine rings is 1. The molecule has 3 heterocycles. The van der Waals surface area contributed by atoms with Crippen LogP contribution in [0.1, 0.15) is 5.69 Å². The first-order valence-electron chi connectivity index (χ1n) is 7.78. The topological polar surface area (TPSA) is 72.7 Å². The highest BCUT2D eigenvalue weighted by atomic mass is 32.1. The van der Waals surface area contributed by atoms with Gasteiger partial charge in [-0.1, -0.05) is 12.1 Å². The molecule has 0 saturated heterocycles. The molecule has 1 amide bonds. The molecule has 25 heavy (non-hydrogen) atoms. The minimum Gasteiger partial charge on any atom is -0.324 e. The van der Waals surface area contributed by atoms with Crippen LogP contribution in [0.25, 0.3) is 21.7 Å². The van der Waals surface area contributed by atoms with Gasteiger partial charge in [-0.3, -0.25) is 9.78 Å². The minimum atomic E-state index is -0.113. The van der Waals surface area contributed by atoms with Gasteiger partial charge >= 0.3 is 0 Å². The lowest BCUT2D eigenvalue weighted by Gasteiger charge is -2.09. The van der Waals surface area contributed by atoms with Gasteiger partial charge in [-0.15, -0.1) is 11.3 Å². The first-order valence-corrected chi connectivity index (χ1v) is 8.66. The molecule has 0 aliphatic rings.